The molecule has 1 saturated carbocycles. The van der Waals surface area contributed by atoms with E-state index in [1.807, 2.05) is 29.3 Å². The van der Waals surface area contributed by atoms with Gasteiger partial charge in [0.1, 0.15) is 5.82 Å². The summed E-state index contributed by atoms with van der Waals surface area (Å²) in [6.45, 7) is 5.15. The third-order valence-corrected chi connectivity index (χ3v) is 6.28. The van der Waals surface area contributed by atoms with Crippen LogP contribution in [-0.2, 0) is 0 Å². The van der Waals surface area contributed by atoms with E-state index in [9.17, 15) is 4.79 Å². The molecular weight excluding hydrogens is 378 g/mol. The maximum absolute atomic E-state index is 12.9. The molecule has 1 N–H and O–H groups in total. The smallest absolute Gasteiger partial charge is 0.254 e. The van der Waals surface area contributed by atoms with Gasteiger partial charge in [-0.15, -0.1) is 0 Å². The fraction of sp³-hybridized carbons (Fsp3) is 0.545. The SMILES string of the molecule is CN1CCN(C(=O)c2ccnc(NC3CCN(c4nccc(C5CC5)n4)C3)c2)CC1. The van der Waals surface area contributed by atoms with Crippen LogP contribution in [0.5, 0.6) is 0 Å². The van der Waals surface area contributed by atoms with Crippen LogP contribution < -0.4 is 10.2 Å². The van der Waals surface area contributed by atoms with Crippen LogP contribution in [0.25, 0.3) is 0 Å². The van der Waals surface area contributed by atoms with E-state index in [1.54, 1.807) is 6.20 Å². The summed E-state index contributed by atoms with van der Waals surface area (Å²) in [5, 5.41) is 3.51. The van der Waals surface area contributed by atoms with Crippen LogP contribution in [0, 0.1) is 0 Å². The average Bonchev–Trinajstić information content (AvgIpc) is 3.53. The molecule has 8 nitrogen and oxygen atoms in total. The molecule has 4 heterocycles. The molecule has 3 fully saturated rings. The van der Waals surface area contributed by atoms with E-state index >= 15 is 0 Å². The van der Waals surface area contributed by atoms with Crippen molar-refractivity contribution in [3.05, 3.63) is 41.9 Å². The minimum atomic E-state index is 0.0897. The highest BCUT2D eigenvalue weighted by Crippen LogP contribution is 2.39. The zero-order valence-electron chi connectivity index (χ0n) is 17.5. The number of nitrogens with one attached hydrogen (secondary N) is 1. The zero-order valence-corrected chi connectivity index (χ0v) is 17.5. The molecular formula is C22H29N7O. The molecule has 0 spiro atoms. The summed E-state index contributed by atoms with van der Waals surface area (Å²) in [7, 11) is 2.09. The van der Waals surface area contributed by atoms with Gasteiger partial charge < -0.3 is 20.0 Å². The van der Waals surface area contributed by atoms with Crippen molar-refractivity contribution in [2.24, 2.45) is 0 Å². The van der Waals surface area contributed by atoms with E-state index in [4.69, 9.17) is 4.98 Å². The highest BCUT2D eigenvalue weighted by atomic mass is 16.2. The van der Waals surface area contributed by atoms with Crippen molar-refractivity contribution in [1.29, 1.82) is 0 Å². The van der Waals surface area contributed by atoms with Gasteiger partial charge in [0.05, 0.1) is 0 Å². The number of pyridine rings is 1. The van der Waals surface area contributed by atoms with Crippen LogP contribution in [0.15, 0.2) is 30.6 Å². The Bertz CT molecular complexity index is 908. The maximum Gasteiger partial charge on any atom is 0.254 e. The summed E-state index contributed by atoms with van der Waals surface area (Å²) >= 11 is 0. The third-order valence-electron chi connectivity index (χ3n) is 6.28. The molecule has 2 saturated heterocycles. The Morgan fingerprint density at radius 2 is 1.83 bits per heavy atom. The Hall–Kier alpha value is -2.74. The number of piperazine rings is 1. The molecule has 1 atom stereocenters. The van der Waals surface area contributed by atoms with Crippen LogP contribution >= 0.6 is 0 Å². The predicted octanol–water partition coefficient (Wildman–Crippen LogP) is 1.83. The summed E-state index contributed by atoms with van der Waals surface area (Å²) in [6, 6.07) is 6.00. The highest BCUT2D eigenvalue weighted by Gasteiger charge is 2.28. The first-order valence-electron chi connectivity index (χ1n) is 10.9. The molecule has 5 rings (SSSR count). The van der Waals surface area contributed by atoms with Crippen LogP contribution in [0.1, 0.15) is 41.2 Å². The van der Waals surface area contributed by atoms with Gasteiger partial charge in [0.25, 0.3) is 5.91 Å². The Morgan fingerprint density at radius 3 is 2.63 bits per heavy atom. The summed E-state index contributed by atoms with van der Waals surface area (Å²) in [5.74, 6) is 2.31. The molecule has 1 aliphatic carbocycles. The molecule has 0 radical (unpaired) electrons. The summed E-state index contributed by atoms with van der Waals surface area (Å²) < 4.78 is 0. The van der Waals surface area contributed by atoms with E-state index in [0.29, 0.717) is 11.5 Å². The molecule has 0 aromatic carbocycles. The second-order valence-corrected chi connectivity index (χ2v) is 8.66. The molecule has 0 bridgehead atoms. The van der Waals surface area contributed by atoms with Crippen LogP contribution in [-0.4, -0.2) is 83.0 Å². The zero-order chi connectivity index (χ0) is 20.5. The molecule has 1 amide bonds. The van der Waals surface area contributed by atoms with Crippen molar-refractivity contribution in [1.82, 2.24) is 24.8 Å². The molecule has 8 heteroatoms. The van der Waals surface area contributed by atoms with E-state index in [2.05, 4.69) is 32.1 Å². The lowest BCUT2D eigenvalue weighted by Crippen LogP contribution is -2.47. The Balaban J connectivity index is 1.21. The summed E-state index contributed by atoms with van der Waals surface area (Å²) in [4.78, 5) is 33.0. The van der Waals surface area contributed by atoms with Gasteiger partial charge >= 0.3 is 0 Å². The van der Waals surface area contributed by atoms with Gasteiger partial charge in [0, 0.05) is 74.9 Å². The average molecular weight is 408 g/mol. The van der Waals surface area contributed by atoms with Crippen LogP contribution in [0.3, 0.4) is 0 Å². The Labute approximate surface area is 177 Å². The molecule has 158 valence electrons. The Kier molecular flexibility index (Phi) is 5.25. The van der Waals surface area contributed by atoms with E-state index in [-0.39, 0.29) is 11.9 Å². The summed E-state index contributed by atoms with van der Waals surface area (Å²) in [6.07, 6.45) is 7.09. The number of amides is 1. The maximum atomic E-state index is 12.9. The standard InChI is InChI=1S/C22H29N7O/c1-27-10-12-28(13-11-27)21(30)17-4-7-23-20(14-17)25-18-6-9-29(15-18)22-24-8-5-19(26-22)16-2-3-16/h4-5,7-8,14,16,18H,2-3,6,9-13,15H2,1H3,(H,23,25). The number of anilines is 2. The lowest BCUT2D eigenvalue weighted by Gasteiger charge is -2.32. The van der Waals surface area contributed by atoms with Crippen molar-refractivity contribution >= 4 is 17.7 Å². The first kappa shape index (κ1) is 19.2. The number of likely N-dealkylation sites (N-methyl/N-ethyl adjacent to an activating group) is 1. The first-order chi connectivity index (χ1) is 14.7. The summed E-state index contributed by atoms with van der Waals surface area (Å²) in [5.41, 5.74) is 1.88. The third kappa shape index (κ3) is 4.23. The number of nitrogens with zero attached hydrogens (tertiary/aromatic N) is 6. The topological polar surface area (TPSA) is 77.5 Å². The Morgan fingerprint density at radius 1 is 1.03 bits per heavy atom. The van der Waals surface area contributed by atoms with Crippen molar-refractivity contribution < 1.29 is 4.79 Å². The van der Waals surface area contributed by atoms with Gasteiger partial charge in [-0.2, -0.15) is 0 Å². The molecule has 1 unspecified atom stereocenters. The molecule has 30 heavy (non-hydrogen) atoms. The first-order valence-corrected chi connectivity index (χ1v) is 10.9. The number of hydrogen-bond donors (Lipinski definition) is 1. The molecule has 3 aliphatic rings. The van der Waals surface area contributed by atoms with Gasteiger partial charge in [0.15, 0.2) is 0 Å². The van der Waals surface area contributed by atoms with Crippen molar-refractivity contribution in [3.63, 3.8) is 0 Å². The minimum Gasteiger partial charge on any atom is -0.365 e. The van der Waals surface area contributed by atoms with Gasteiger partial charge in [-0.3, -0.25) is 4.79 Å². The molecule has 2 aromatic rings. The van der Waals surface area contributed by atoms with Crippen molar-refractivity contribution in [2.75, 3.05) is 56.5 Å². The second kappa shape index (κ2) is 8.18. The second-order valence-electron chi connectivity index (χ2n) is 8.66. The number of carbonyl (C=O) groups excluding carboxylic acids is 1. The van der Waals surface area contributed by atoms with Gasteiger partial charge in [-0.05, 0) is 44.5 Å². The van der Waals surface area contributed by atoms with Crippen molar-refractivity contribution in [2.45, 2.75) is 31.2 Å². The lowest BCUT2D eigenvalue weighted by molar-refractivity contribution is 0.0664. The minimum absolute atomic E-state index is 0.0897. The van der Waals surface area contributed by atoms with Crippen LogP contribution in [0.2, 0.25) is 0 Å². The number of hydrogen-bond acceptors (Lipinski definition) is 7. The van der Waals surface area contributed by atoms with E-state index in [1.165, 1.54) is 18.5 Å². The van der Waals surface area contributed by atoms with Crippen molar-refractivity contribution in [3.8, 4) is 0 Å². The normalized spacial score (nSPS) is 22.4. The highest BCUT2D eigenvalue weighted by molar-refractivity contribution is 5.94. The number of rotatable bonds is 5. The fourth-order valence-corrected chi connectivity index (χ4v) is 4.22. The monoisotopic (exact) mass is 407 g/mol. The number of carbonyl (C=O) groups is 1. The lowest BCUT2D eigenvalue weighted by atomic mass is 10.2. The van der Waals surface area contributed by atoms with Gasteiger partial charge in [-0.1, -0.05) is 0 Å². The molecule has 2 aliphatic heterocycles. The molecule has 2 aromatic heterocycles. The van der Waals surface area contributed by atoms with Crippen LogP contribution in [0.4, 0.5) is 11.8 Å². The van der Waals surface area contributed by atoms with Gasteiger partial charge in [0.2, 0.25) is 5.95 Å². The van der Waals surface area contributed by atoms with Gasteiger partial charge in [-0.25, -0.2) is 15.0 Å². The largest absolute Gasteiger partial charge is 0.365 e. The van der Waals surface area contributed by atoms with E-state index in [0.717, 1.165) is 57.5 Å². The number of aromatic nitrogens is 3. The predicted molar refractivity (Wildman–Crippen MR) is 116 cm³/mol. The fourth-order valence-electron chi connectivity index (χ4n) is 4.22. The van der Waals surface area contributed by atoms with E-state index < -0.39 is 0 Å². The quantitative estimate of drug-likeness (QED) is 0.810.